The van der Waals surface area contributed by atoms with Gasteiger partial charge >= 0.3 is 0 Å². The molecule has 1 aliphatic carbocycles. The second kappa shape index (κ2) is 8.72. The van der Waals surface area contributed by atoms with Gasteiger partial charge in [-0.1, -0.05) is 0 Å². The topological polar surface area (TPSA) is 93.4 Å². The molecule has 0 radical (unpaired) electrons. The third-order valence-electron chi connectivity index (χ3n) is 6.33. The van der Waals surface area contributed by atoms with Crippen molar-refractivity contribution in [3.8, 4) is 11.5 Å². The maximum atomic E-state index is 12.8. The second-order valence-corrected chi connectivity index (χ2v) is 8.35. The summed E-state index contributed by atoms with van der Waals surface area (Å²) in [5.74, 6) is 1.84. The van der Waals surface area contributed by atoms with Gasteiger partial charge in [-0.05, 0) is 37.8 Å². The summed E-state index contributed by atoms with van der Waals surface area (Å²) in [5, 5.41) is 3.91. The van der Waals surface area contributed by atoms with E-state index in [9.17, 15) is 4.79 Å². The number of oxazole rings is 1. The second-order valence-electron chi connectivity index (χ2n) is 8.35. The predicted octanol–water partition coefficient (Wildman–Crippen LogP) is 3.42. The third-order valence-corrected chi connectivity index (χ3v) is 6.33. The highest BCUT2D eigenvalue weighted by atomic mass is 16.5. The van der Waals surface area contributed by atoms with Crippen LogP contribution < -0.4 is 5.32 Å². The minimum Gasteiger partial charge on any atom is -0.439 e. The van der Waals surface area contributed by atoms with Crippen molar-refractivity contribution in [1.82, 2.24) is 19.9 Å². The number of nitrogens with zero attached hydrogens (tertiary/aromatic N) is 4. The van der Waals surface area contributed by atoms with Crippen molar-refractivity contribution in [2.45, 2.75) is 38.6 Å². The average molecular weight is 422 g/mol. The highest BCUT2D eigenvalue weighted by Crippen LogP contribution is 2.29. The zero-order valence-corrected chi connectivity index (χ0v) is 17.7. The van der Waals surface area contributed by atoms with Gasteiger partial charge in [0.05, 0.1) is 24.9 Å². The van der Waals surface area contributed by atoms with Crippen LogP contribution in [0.5, 0.6) is 0 Å². The van der Waals surface area contributed by atoms with E-state index in [1.807, 2.05) is 18.2 Å². The summed E-state index contributed by atoms with van der Waals surface area (Å²) < 4.78 is 11.0. The number of aryl methyl sites for hydroxylation is 1. The molecule has 162 valence electrons. The summed E-state index contributed by atoms with van der Waals surface area (Å²) >= 11 is 0. The highest BCUT2D eigenvalue weighted by molar-refractivity contribution is 5.93. The number of amides is 1. The Morgan fingerprint density at radius 1 is 1.10 bits per heavy atom. The number of carbonyl (C=O) groups excluding carboxylic acids is 1. The molecule has 0 bridgehead atoms. The van der Waals surface area contributed by atoms with Crippen molar-refractivity contribution < 1.29 is 13.9 Å². The number of ether oxygens (including phenoxy) is 1. The lowest BCUT2D eigenvalue weighted by atomic mass is 9.84. The molecule has 3 aromatic rings. The minimum atomic E-state index is 0.0336. The van der Waals surface area contributed by atoms with Gasteiger partial charge in [-0.2, -0.15) is 0 Å². The van der Waals surface area contributed by atoms with Crippen LogP contribution in [0, 0.1) is 12.8 Å². The molecule has 0 spiro atoms. The number of anilines is 1. The molecule has 1 aliphatic heterocycles. The molecule has 0 atom stereocenters. The van der Waals surface area contributed by atoms with E-state index in [1.165, 1.54) is 0 Å². The van der Waals surface area contributed by atoms with Crippen LogP contribution in [0.2, 0.25) is 0 Å². The van der Waals surface area contributed by atoms with E-state index in [1.54, 1.807) is 19.3 Å². The van der Waals surface area contributed by atoms with E-state index in [-0.39, 0.29) is 11.8 Å². The van der Waals surface area contributed by atoms with Crippen LogP contribution >= 0.6 is 0 Å². The summed E-state index contributed by atoms with van der Waals surface area (Å²) in [5.41, 5.74) is 1.46. The van der Waals surface area contributed by atoms with Gasteiger partial charge in [-0.25, -0.2) is 15.0 Å². The first-order valence-electron chi connectivity index (χ1n) is 11.0. The van der Waals surface area contributed by atoms with Crippen LogP contribution in [0.4, 0.5) is 5.82 Å². The Morgan fingerprint density at radius 2 is 1.90 bits per heavy atom. The lowest BCUT2D eigenvalue weighted by Gasteiger charge is -2.38. The molecule has 8 heteroatoms. The molecule has 4 heterocycles. The van der Waals surface area contributed by atoms with Gasteiger partial charge in [0.25, 0.3) is 0 Å². The number of fused-ring (bicyclic) bond motifs is 1. The van der Waals surface area contributed by atoms with Crippen molar-refractivity contribution in [2.24, 2.45) is 5.92 Å². The molecule has 8 nitrogen and oxygen atoms in total. The average Bonchev–Trinajstić information content (AvgIpc) is 3.25. The first-order valence-corrected chi connectivity index (χ1v) is 11.0. The van der Waals surface area contributed by atoms with Gasteiger partial charge in [-0.15, -0.1) is 0 Å². The quantitative estimate of drug-likeness (QED) is 0.690. The normalized spacial score (nSPS) is 22.5. The lowest BCUT2D eigenvalue weighted by molar-refractivity contribution is -0.121. The Kier molecular flexibility index (Phi) is 5.65. The zero-order chi connectivity index (χ0) is 21.2. The Hall–Kier alpha value is -2.84. The number of hydrogen-bond donors (Lipinski definition) is 1. The molecule has 2 aliphatic rings. The number of nitrogens with one attached hydrogen (secondary N) is 1. The summed E-state index contributed by atoms with van der Waals surface area (Å²) in [6.07, 6.45) is 7.35. The number of pyridine rings is 2. The van der Waals surface area contributed by atoms with Crippen molar-refractivity contribution in [2.75, 3.05) is 31.6 Å². The Bertz CT molecular complexity index is 1070. The van der Waals surface area contributed by atoms with E-state index in [2.05, 4.69) is 25.2 Å². The Labute approximate surface area is 181 Å². The minimum absolute atomic E-state index is 0.0336. The molecular weight excluding hydrogens is 394 g/mol. The van der Waals surface area contributed by atoms with E-state index >= 15 is 0 Å². The fourth-order valence-corrected chi connectivity index (χ4v) is 4.58. The molecule has 5 rings (SSSR count). The maximum absolute atomic E-state index is 12.8. The van der Waals surface area contributed by atoms with Gasteiger partial charge in [0.15, 0.2) is 11.7 Å². The summed E-state index contributed by atoms with van der Waals surface area (Å²) in [7, 11) is 0. The third kappa shape index (κ3) is 4.45. The van der Waals surface area contributed by atoms with E-state index in [0.29, 0.717) is 29.2 Å². The van der Waals surface area contributed by atoms with E-state index < -0.39 is 0 Å². The van der Waals surface area contributed by atoms with Crippen LogP contribution in [0.1, 0.15) is 31.6 Å². The smallest absolute Gasteiger partial charge is 0.228 e. The molecule has 1 saturated heterocycles. The highest BCUT2D eigenvalue weighted by Gasteiger charge is 2.30. The van der Waals surface area contributed by atoms with Crippen molar-refractivity contribution >= 4 is 22.6 Å². The molecule has 1 amide bonds. The monoisotopic (exact) mass is 421 g/mol. The molecule has 31 heavy (non-hydrogen) atoms. The number of morpholine rings is 1. The number of carbonyl (C=O) groups is 1. The first-order chi connectivity index (χ1) is 15.2. The van der Waals surface area contributed by atoms with Gasteiger partial charge in [0.1, 0.15) is 11.5 Å². The fraction of sp³-hybridized carbons (Fsp3) is 0.478. The SMILES string of the molecule is Cc1ncc(-c2ccc3cnc(NC(=O)C4CCC(N5CCOCC5)CC4)cc3n2)o1. The predicted molar refractivity (Wildman–Crippen MR) is 117 cm³/mol. The number of rotatable bonds is 4. The zero-order valence-electron chi connectivity index (χ0n) is 17.7. The van der Waals surface area contributed by atoms with E-state index in [0.717, 1.165) is 62.9 Å². The van der Waals surface area contributed by atoms with Crippen molar-refractivity contribution in [3.63, 3.8) is 0 Å². The molecule has 1 saturated carbocycles. The summed E-state index contributed by atoms with van der Waals surface area (Å²) in [4.78, 5) is 28.6. The fourth-order valence-electron chi connectivity index (χ4n) is 4.58. The van der Waals surface area contributed by atoms with Crippen molar-refractivity contribution in [3.05, 3.63) is 36.5 Å². The van der Waals surface area contributed by atoms with Crippen LogP contribution in [0.15, 0.2) is 35.0 Å². The molecule has 0 aromatic carbocycles. The number of aromatic nitrogens is 3. The van der Waals surface area contributed by atoms with Crippen LogP contribution in [0.3, 0.4) is 0 Å². The molecular formula is C23H27N5O3. The van der Waals surface area contributed by atoms with Crippen molar-refractivity contribution in [1.29, 1.82) is 0 Å². The maximum Gasteiger partial charge on any atom is 0.228 e. The van der Waals surface area contributed by atoms with Crippen LogP contribution in [-0.2, 0) is 9.53 Å². The van der Waals surface area contributed by atoms with Gasteiger partial charge in [-0.3, -0.25) is 9.69 Å². The van der Waals surface area contributed by atoms with Crippen LogP contribution in [0.25, 0.3) is 22.4 Å². The van der Waals surface area contributed by atoms with Gasteiger partial charge < -0.3 is 14.5 Å². The summed E-state index contributed by atoms with van der Waals surface area (Å²) in [6, 6.07) is 6.23. The Balaban J connectivity index is 1.24. The Morgan fingerprint density at radius 3 is 2.65 bits per heavy atom. The largest absolute Gasteiger partial charge is 0.439 e. The molecule has 2 fully saturated rings. The van der Waals surface area contributed by atoms with E-state index in [4.69, 9.17) is 9.15 Å². The first kappa shape index (κ1) is 20.1. The number of hydrogen-bond acceptors (Lipinski definition) is 7. The molecule has 1 N–H and O–H groups in total. The molecule has 3 aromatic heterocycles. The summed E-state index contributed by atoms with van der Waals surface area (Å²) in [6.45, 7) is 5.45. The standard InChI is InChI=1S/C23H27N5O3/c1-15-24-14-21(31-15)19-7-4-17-13-25-22(12-20(17)26-19)27-23(29)16-2-5-18(6-3-16)28-8-10-30-11-9-28/h4,7,12-14,16,18H,2-3,5-6,8-11H2,1H3,(H,25,27,29). The lowest BCUT2D eigenvalue weighted by Crippen LogP contribution is -2.45. The van der Waals surface area contributed by atoms with Gasteiger partial charge in [0, 0.05) is 49.6 Å². The van der Waals surface area contributed by atoms with Gasteiger partial charge in [0.2, 0.25) is 5.91 Å². The van der Waals surface area contributed by atoms with Crippen LogP contribution in [-0.4, -0.2) is 58.1 Å². The molecule has 0 unspecified atom stereocenters.